The Hall–Kier alpha value is -0.170. The first-order valence-corrected chi connectivity index (χ1v) is 9.46. The standard InChI is InChI=1S/C14H27N3O2S/c15-11-13-10-14(6-5-7-14)17(12-13)20(18,19)16-8-3-1-2-4-9-16/h13H,1-12,15H2. The maximum absolute atomic E-state index is 13.0. The highest BCUT2D eigenvalue weighted by molar-refractivity contribution is 7.86. The van der Waals surface area contributed by atoms with Gasteiger partial charge >= 0.3 is 0 Å². The van der Waals surface area contributed by atoms with Gasteiger partial charge in [0.1, 0.15) is 0 Å². The molecule has 3 fully saturated rings. The molecule has 0 amide bonds. The number of hydrogen-bond acceptors (Lipinski definition) is 3. The molecule has 20 heavy (non-hydrogen) atoms. The summed E-state index contributed by atoms with van der Waals surface area (Å²) in [5.74, 6) is 0.344. The Morgan fingerprint density at radius 3 is 2.20 bits per heavy atom. The highest BCUT2D eigenvalue weighted by Gasteiger charge is 2.54. The second-order valence-corrected chi connectivity index (χ2v) is 8.59. The molecule has 2 heterocycles. The van der Waals surface area contributed by atoms with Crippen molar-refractivity contribution in [3.63, 3.8) is 0 Å². The normalized spacial score (nSPS) is 32.1. The molecule has 1 atom stereocenters. The fourth-order valence-corrected chi connectivity index (χ4v) is 6.22. The van der Waals surface area contributed by atoms with Crippen molar-refractivity contribution in [2.75, 3.05) is 26.2 Å². The predicted octanol–water partition coefficient (Wildman–Crippen LogP) is 1.31. The molecule has 0 bridgehead atoms. The predicted molar refractivity (Wildman–Crippen MR) is 79.4 cm³/mol. The van der Waals surface area contributed by atoms with Crippen LogP contribution in [0.15, 0.2) is 0 Å². The van der Waals surface area contributed by atoms with Crippen LogP contribution in [0, 0.1) is 5.92 Å². The van der Waals surface area contributed by atoms with Crippen molar-refractivity contribution in [3.05, 3.63) is 0 Å². The summed E-state index contributed by atoms with van der Waals surface area (Å²) in [5.41, 5.74) is 5.72. The first kappa shape index (κ1) is 14.8. The lowest BCUT2D eigenvalue weighted by Gasteiger charge is -2.46. The maximum Gasteiger partial charge on any atom is 0.282 e. The third-order valence-corrected chi connectivity index (χ3v) is 7.52. The molecule has 6 heteroatoms. The van der Waals surface area contributed by atoms with E-state index in [1.807, 2.05) is 4.31 Å². The lowest BCUT2D eigenvalue weighted by molar-refractivity contribution is 0.119. The quantitative estimate of drug-likeness (QED) is 0.854. The van der Waals surface area contributed by atoms with E-state index in [0.29, 0.717) is 32.1 Å². The molecule has 1 spiro atoms. The zero-order chi connectivity index (χ0) is 14.2. The average Bonchev–Trinajstić information content (AvgIpc) is 2.60. The summed E-state index contributed by atoms with van der Waals surface area (Å²) < 4.78 is 29.6. The van der Waals surface area contributed by atoms with Gasteiger partial charge in [0.25, 0.3) is 10.2 Å². The highest BCUT2D eigenvalue weighted by Crippen LogP contribution is 2.49. The van der Waals surface area contributed by atoms with Gasteiger partial charge in [0.2, 0.25) is 0 Å². The van der Waals surface area contributed by atoms with Crippen molar-refractivity contribution in [3.8, 4) is 0 Å². The molecule has 1 saturated carbocycles. The van der Waals surface area contributed by atoms with Gasteiger partial charge in [0.15, 0.2) is 0 Å². The number of rotatable bonds is 3. The summed E-state index contributed by atoms with van der Waals surface area (Å²) in [7, 11) is -3.29. The van der Waals surface area contributed by atoms with E-state index in [2.05, 4.69) is 0 Å². The molecule has 0 radical (unpaired) electrons. The number of nitrogens with zero attached hydrogens (tertiary/aromatic N) is 2. The Kier molecular flexibility index (Phi) is 4.10. The van der Waals surface area contributed by atoms with Crippen LogP contribution in [0.5, 0.6) is 0 Å². The summed E-state index contributed by atoms with van der Waals surface area (Å²) in [6.07, 6.45) is 8.49. The average molecular weight is 301 g/mol. The fraction of sp³-hybridized carbons (Fsp3) is 1.00. The molecular formula is C14H27N3O2S. The van der Waals surface area contributed by atoms with Crippen LogP contribution in [0.3, 0.4) is 0 Å². The fourth-order valence-electron chi connectivity index (χ4n) is 4.08. The van der Waals surface area contributed by atoms with Crippen LogP contribution in [0.2, 0.25) is 0 Å². The Morgan fingerprint density at radius 1 is 1.05 bits per heavy atom. The van der Waals surface area contributed by atoms with Gasteiger partial charge in [-0.1, -0.05) is 12.8 Å². The van der Waals surface area contributed by atoms with E-state index in [0.717, 1.165) is 51.4 Å². The van der Waals surface area contributed by atoms with E-state index in [1.54, 1.807) is 4.31 Å². The smallest absolute Gasteiger partial charge is 0.282 e. The molecule has 0 aromatic heterocycles. The molecule has 116 valence electrons. The number of hydrogen-bond donors (Lipinski definition) is 1. The molecule has 3 aliphatic rings. The minimum Gasteiger partial charge on any atom is -0.330 e. The molecule has 2 saturated heterocycles. The Morgan fingerprint density at radius 2 is 1.70 bits per heavy atom. The van der Waals surface area contributed by atoms with Gasteiger partial charge < -0.3 is 5.73 Å². The summed E-state index contributed by atoms with van der Waals surface area (Å²) in [6.45, 7) is 2.63. The largest absolute Gasteiger partial charge is 0.330 e. The Balaban J connectivity index is 1.82. The van der Waals surface area contributed by atoms with Gasteiger partial charge in [-0.2, -0.15) is 17.0 Å². The van der Waals surface area contributed by atoms with Gasteiger partial charge in [-0.25, -0.2) is 0 Å². The summed E-state index contributed by atoms with van der Waals surface area (Å²) in [5, 5.41) is 0. The van der Waals surface area contributed by atoms with Crippen molar-refractivity contribution in [2.24, 2.45) is 11.7 Å². The van der Waals surface area contributed by atoms with Crippen molar-refractivity contribution >= 4 is 10.2 Å². The number of nitrogens with two attached hydrogens (primary N) is 1. The lowest BCUT2D eigenvalue weighted by Crippen LogP contribution is -2.56. The van der Waals surface area contributed by atoms with E-state index in [1.165, 1.54) is 0 Å². The summed E-state index contributed by atoms with van der Waals surface area (Å²) >= 11 is 0. The maximum atomic E-state index is 13.0. The first-order chi connectivity index (χ1) is 9.58. The van der Waals surface area contributed by atoms with Crippen LogP contribution in [0.4, 0.5) is 0 Å². The third kappa shape index (κ3) is 2.40. The van der Waals surface area contributed by atoms with Crippen LogP contribution >= 0.6 is 0 Å². The van der Waals surface area contributed by atoms with Gasteiger partial charge in [-0.15, -0.1) is 0 Å². The Bertz CT molecular complexity index is 439. The van der Waals surface area contributed by atoms with E-state index < -0.39 is 10.2 Å². The van der Waals surface area contributed by atoms with Crippen molar-refractivity contribution < 1.29 is 8.42 Å². The second-order valence-electron chi connectivity index (χ2n) is 6.74. The van der Waals surface area contributed by atoms with Crippen LogP contribution in [-0.4, -0.2) is 48.7 Å². The Labute approximate surface area is 122 Å². The topological polar surface area (TPSA) is 66.6 Å². The van der Waals surface area contributed by atoms with Gasteiger partial charge in [0.05, 0.1) is 0 Å². The molecule has 2 N–H and O–H groups in total. The van der Waals surface area contributed by atoms with Crippen LogP contribution in [0.1, 0.15) is 51.4 Å². The minimum atomic E-state index is -3.29. The first-order valence-electron chi connectivity index (χ1n) is 8.06. The van der Waals surface area contributed by atoms with Crippen molar-refractivity contribution in [2.45, 2.75) is 56.9 Å². The highest BCUT2D eigenvalue weighted by atomic mass is 32.2. The zero-order valence-corrected chi connectivity index (χ0v) is 13.1. The summed E-state index contributed by atoms with van der Waals surface area (Å²) in [4.78, 5) is 0. The minimum absolute atomic E-state index is 0.0881. The summed E-state index contributed by atoms with van der Waals surface area (Å²) in [6, 6.07) is 0. The molecule has 0 aromatic carbocycles. The van der Waals surface area contributed by atoms with E-state index in [9.17, 15) is 8.42 Å². The molecule has 0 aromatic rings. The van der Waals surface area contributed by atoms with E-state index >= 15 is 0 Å². The van der Waals surface area contributed by atoms with Gasteiger partial charge in [-0.3, -0.25) is 0 Å². The van der Waals surface area contributed by atoms with Gasteiger partial charge in [-0.05, 0) is 51.0 Å². The van der Waals surface area contributed by atoms with Crippen molar-refractivity contribution in [1.29, 1.82) is 0 Å². The van der Waals surface area contributed by atoms with Crippen LogP contribution < -0.4 is 5.73 Å². The van der Waals surface area contributed by atoms with Crippen molar-refractivity contribution in [1.82, 2.24) is 8.61 Å². The lowest BCUT2D eigenvalue weighted by atomic mass is 9.74. The molecular weight excluding hydrogens is 274 g/mol. The van der Waals surface area contributed by atoms with E-state index in [4.69, 9.17) is 5.73 Å². The second kappa shape index (κ2) is 5.55. The van der Waals surface area contributed by atoms with E-state index in [-0.39, 0.29) is 5.54 Å². The molecule has 5 nitrogen and oxygen atoms in total. The van der Waals surface area contributed by atoms with Crippen LogP contribution in [-0.2, 0) is 10.2 Å². The molecule has 3 rings (SSSR count). The SMILES string of the molecule is NCC1CN(S(=O)(=O)N2CCCCCC2)C2(CCC2)C1. The molecule has 1 aliphatic carbocycles. The zero-order valence-electron chi connectivity index (χ0n) is 12.3. The van der Waals surface area contributed by atoms with Gasteiger partial charge in [0, 0.05) is 25.2 Å². The third-order valence-electron chi connectivity index (χ3n) is 5.41. The molecule has 1 unspecified atom stereocenters. The molecule has 2 aliphatic heterocycles. The van der Waals surface area contributed by atoms with Crippen LogP contribution in [0.25, 0.3) is 0 Å². The monoisotopic (exact) mass is 301 g/mol.